The number of likely N-dealkylation sites (N-methyl/N-ethyl adjacent to an activating group) is 1. The summed E-state index contributed by atoms with van der Waals surface area (Å²) in [4.78, 5) is 37.9. The zero-order chi connectivity index (χ0) is 20.3. The molecular formula is C20H19ClN2O5. The number of esters is 1. The smallest absolute Gasteiger partial charge is 0.339 e. The lowest BCUT2D eigenvalue weighted by atomic mass is 10.0. The fourth-order valence-corrected chi connectivity index (χ4v) is 3.13. The molecule has 1 atom stereocenters. The third-order valence-electron chi connectivity index (χ3n) is 4.38. The van der Waals surface area contributed by atoms with Crippen LogP contribution in [0.5, 0.6) is 5.75 Å². The van der Waals surface area contributed by atoms with Crippen LogP contribution in [-0.2, 0) is 14.3 Å². The van der Waals surface area contributed by atoms with Crippen LogP contribution >= 0.6 is 11.6 Å². The minimum absolute atomic E-state index is 0.0347. The Kier molecular flexibility index (Phi) is 5.84. The van der Waals surface area contributed by atoms with Gasteiger partial charge in [0.1, 0.15) is 11.9 Å². The van der Waals surface area contributed by atoms with Crippen LogP contribution in [-0.4, -0.2) is 43.4 Å². The Bertz CT molecular complexity index is 931. The number of anilines is 1. The van der Waals surface area contributed by atoms with Gasteiger partial charge in [-0.05, 0) is 24.3 Å². The number of amides is 2. The standard InChI is InChI=1S/C20H19ClN2O5/c1-23(11-18(24)22-15-9-12(21)7-8-16(15)27-2)19(25)10-17-13-5-3-4-6-14(13)20(26)28-17/h3-9,17H,10-11H2,1-2H3,(H,22,24). The van der Waals surface area contributed by atoms with E-state index in [2.05, 4.69) is 5.32 Å². The molecule has 1 aliphatic rings. The van der Waals surface area contributed by atoms with Crippen molar-refractivity contribution in [1.82, 2.24) is 4.90 Å². The summed E-state index contributed by atoms with van der Waals surface area (Å²) in [6, 6.07) is 11.8. The molecule has 7 nitrogen and oxygen atoms in total. The maximum Gasteiger partial charge on any atom is 0.339 e. The normalized spacial score (nSPS) is 14.8. The third-order valence-corrected chi connectivity index (χ3v) is 4.61. The van der Waals surface area contributed by atoms with Gasteiger partial charge in [0.15, 0.2) is 0 Å². The van der Waals surface area contributed by atoms with Crippen LogP contribution in [0.25, 0.3) is 0 Å². The van der Waals surface area contributed by atoms with E-state index >= 15 is 0 Å². The number of cyclic esters (lactones) is 1. The highest BCUT2D eigenvalue weighted by Crippen LogP contribution is 2.33. The first kappa shape index (κ1) is 19.7. The molecule has 1 heterocycles. The van der Waals surface area contributed by atoms with E-state index in [0.717, 1.165) is 0 Å². The molecule has 2 amide bonds. The lowest BCUT2D eigenvalue weighted by Crippen LogP contribution is -2.35. The molecule has 1 aliphatic heterocycles. The van der Waals surface area contributed by atoms with Gasteiger partial charge < -0.3 is 19.7 Å². The van der Waals surface area contributed by atoms with Crippen LogP contribution in [0.4, 0.5) is 5.69 Å². The molecule has 1 N–H and O–H groups in total. The van der Waals surface area contributed by atoms with Crippen LogP contribution in [0.1, 0.15) is 28.4 Å². The Labute approximate surface area is 167 Å². The van der Waals surface area contributed by atoms with Crippen molar-refractivity contribution < 1.29 is 23.9 Å². The highest BCUT2D eigenvalue weighted by molar-refractivity contribution is 6.31. The average molecular weight is 403 g/mol. The van der Waals surface area contributed by atoms with E-state index in [-0.39, 0.29) is 18.9 Å². The van der Waals surface area contributed by atoms with Gasteiger partial charge in [-0.25, -0.2) is 4.79 Å². The summed E-state index contributed by atoms with van der Waals surface area (Å²) in [5.41, 5.74) is 1.57. The first-order valence-electron chi connectivity index (χ1n) is 8.56. The molecule has 146 valence electrons. The number of methoxy groups -OCH3 is 1. The van der Waals surface area contributed by atoms with Gasteiger partial charge in [-0.2, -0.15) is 0 Å². The molecule has 8 heteroatoms. The van der Waals surface area contributed by atoms with Crippen LogP contribution in [0.15, 0.2) is 42.5 Å². The second-order valence-corrected chi connectivity index (χ2v) is 6.76. The van der Waals surface area contributed by atoms with Gasteiger partial charge in [-0.15, -0.1) is 0 Å². The first-order valence-corrected chi connectivity index (χ1v) is 8.94. The van der Waals surface area contributed by atoms with Gasteiger partial charge in [0.25, 0.3) is 0 Å². The van der Waals surface area contributed by atoms with E-state index in [0.29, 0.717) is 27.6 Å². The molecule has 0 saturated heterocycles. The van der Waals surface area contributed by atoms with Crippen LogP contribution < -0.4 is 10.1 Å². The highest BCUT2D eigenvalue weighted by Gasteiger charge is 2.33. The number of ether oxygens (including phenoxy) is 2. The van der Waals surface area contributed by atoms with Crippen molar-refractivity contribution >= 4 is 35.1 Å². The monoisotopic (exact) mass is 402 g/mol. The van der Waals surface area contributed by atoms with Crippen molar-refractivity contribution in [2.45, 2.75) is 12.5 Å². The SMILES string of the molecule is COc1ccc(Cl)cc1NC(=O)CN(C)C(=O)CC1OC(=O)c2ccccc21. The first-order chi connectivity index (χ1) is 13.4. The van der Waals surface area contributed by atoms with Gasteiger partial charge in [0, 0.05) is 17.6 Å². The van der Waals surface area contributed by atoms with E-state index in [1.165, 1.54) is 19.1 Å². The molecule has 0 spiro atoms. The Morgan fingerprint density at radius 3 is 2.75 bits per heavy atom. The van der Waals surface area contributed by atoms with E-state index < -0.39 is 18.0 Å². The van der Waals surface area contributed by atoms with E-state index in [4.69, 9.17) is 21.1 Å². The van der Waals surface area contributed by atoms with Crippen molar-refractivity contribution in [3.05, 3.63) is 58.6 Å². The minimum Gasteiger partial charge on any atom is -0.495 e. The van der Waals surface area contributed by atoms with Gasteiger partial charge in [-0.3, -0.25) is 9.59 Å². The summed E-state index contributed by atoms with van der Waals surface area (Å²) < 4.78 is 10.5. The molecule has 0 bridgehead atoms. The molecule has 2 aromatic rings. The average Bonchev–Trinajstić information content (AvgIpc) is 2.98. The molecule has 1 unspecified atom stereocenters. The Morgan fingerprint density at radius 2 is 2.00 bits per heavy atom. The molecule has 3 rings (SSSR count). The quantitative estimate of drug-likeness (QED) is 0.750. The molecule has 0 fully saturated rings. The van der Waals surface area contributed by atoms with Gasteiger partial charge in [0.2, 0.25) is 11.8 Å². The minimum atomic E-state index is -0.644. The highest BCUT2D eigenvalue weighted by atomic mass is 35.5. The number of halogens is 1. The number of nitrogens with zero attached hydrogens (tertiary/aromatic N) is 1. The molecule has 0 aromatic heterocycles. The van der Waals surface area contributed by atoms with Gasteiger partial charge in [0.05, 0.1) is 31.3 Å². The molecular weight excluding hydrogens is 384 g/mol. The van der Waals surface area contributed by atoms with E-state index in [1.807, 2.05) is 0 Å². The fraction of sp³-hybridized carbons (Fsp3) is 0.250. The van der Waals surface area contributed by atoms with Crippen molar-refractivity contribution in [2.75, 3.05) is 26.0 Å². The number of benzene rings is 2. The Hall–Kier alpha value is -3.06. The maximum atomic E-state index is 12.5. The lowest BCUT2D eigenvalue weighted by Gasteiger charge is -2.19. The van der Waals surface area contributed by atoms with Crippen molar-refractivity contribution in [2.24, 2.45) is 0 Å². The summed E-state index contributed by atoms with van der Waals surface area (Å²) >= 11 is 5.95. The topological polar surface area (TPSA) is 84.9 Å². The molecule has 0 radical (unpaired) electrons. The lowest BCUT2D eigenvalue weighted by molar-refractivity contribution is -0.135. The second kappa shape index (κ2) is 8.31. The molecule has 0 saturated carbocycles. The van der Waals surface area contributed by atoms with Crippen molar-refractivity contribution in [1.29, 1.82) is 0 Å². The summed E-state index contributed by atoms with van der Waals surface area (Å²) in [5.74, 6) is -0.703. The summed E-state index contributed by atoms with van der Waals surface area (Å²) in [7, 11) is 3.00. The number of hydrogen-bond donors (Lipinski definition) is 1. The van der Waals surface area contributed by atoms with E-state index in [1.54, 1.807) is 42.5 Å². The maximum absolute atomic E-state index is 12.5. The summed E-state index contributed by atoms with van der Waals surface area (Å²) in [6.45, 7) is -0.170. The zero-order valence-electron chi connectivity index (χ0n) is 15.4. The zero-order valence-corrected chi connectivity index (χ0v) is 16.2. The fourth-order valence-electron chi connectivity index (χ4n) is 2.96. The third kappa shape index (κ3) is 4.26. The number of nitrogens with one attached hydrogen (secondary N) is 1. The summed E-state index contributed by atoms with van der Waals surface area (Å²) in [6.07, 6.45) is -0.678. The van der Waals surface area contributed by atoms with Crippen LogP contribution in [0, 0.1) is 0 Å². The predicted molar refractivity (Wildman–Crippen MR) is 103 cm³/mol. The number of carbonyl (C=O) groups is 3. The largest absolute Gasteiger partial charge is 0.495 e. The van der Waals surface area contributed by atoms with Gasteiger partial charge in [-0.1, -0.05) is 29.8 Å². The number of fused-ring (bicyclic) bond motifs is 1. The Balaban J connectivity index is 1.60. The van der Waals surface area contributed by atoms with Crippen molar-refractivity contribution in [3.63, 3.8) is 0 Å². The predicted octanol–water partition coefficient (Wildman–Crippen LogP) is 3.05. The van der Waals surface area contributed by atoms with E-state index in [9.17, 15) is 14.4 Å². The number of carbonyl (C=O) groups excluding carboxylic acids is 3. The molecule has 0 aliphatic carbocycles. The van der Waals surface area contributed by atoms with Crippen LogP contribution in [0.2, 0.25) is 5.02 Å². The van der Waals surface area contributed by atoms with Crippen LogP contribution in [0.3, 0.4) is 0 Å². The molecule has 2 aromatic carbocycles. The summed E-state index contributed by atoms with van der Waals surface area (Å²) in [5, 5.41) is 3.12. The van der Waals surface area contributed by atoms with Gasteiger partial charge >= 0.3 is 5.97 Å². The van der Waals surface area contributed by atoms with Crippen molar-refractivity contribution in [3.8, 4) is 5.75 Å². The molecule has 28 heavy (non-hydrogen) atoms. The second-order valence-electron chi connectivity index (χ2n) is 6.33. The Morgan fingerprint density at radius 1 is 1.25 bits per heavy atom. The number of rotatable bonds is 6. The number of hydrogen-bond acceptors (Lipinski definition) is 5.